The van der Waals surface area contributed by atoms with Crippen molar-refractivity contribution in [2.45, 2.75) is 58.5 Å². The van der Waals surface area contributed by atoms with Crippen molar-refractivity contribution in [1.29, 1.82) is 0 Å². The van der Waals surface area contributed by atoms with Gasteiger partial charge in [0.1, 0.15) is 5.60 Å². The Balaban J connectivity index is 3.68. The zero-order valence-corrected chi connectivity index (χ0v) is 7.89. The first-order valence-electron chi connectivity index (χ1n) is 4.51. The largest absolute Gasteiger partial charge is 0.251 e. The molecule has 0 heterocycles. The molecule has 0 amide bonds. The summed E-state index contributed by atoms with van der Waals surface area (Å²) < 4.78 is 0. The molecule has 0 saturated carbocycles. The van der Waals surface area contributed by atoms with Crippen LogP contribution in [-0.2, 0) is 4.89 Å². The fourth-order valence-corrected chi connectivity index (χ4v) is 1.30. The molecule has 68 valence electrons. The van der Waals surface area contributed by atoms with Crippen LogP contribution in [0, 0.1) is 0 Å². The lowest BCUT2D eigenvalue weighted by Crippen LogP contribution is -2.26. The van der Waals surface area contributed by atoms with Crippen LogP contribution in [0.3, 0.4) is 0 Å². The molecule has 0 rings (SSSR count). The molecule has 1 N–H and O–H groups in total. The van der Waals surface area contributed by atoms with Gasteiger partial charge in [-0.25, -0.2) is 4.89 Å². The normalized spacial score (nSPS) is 16.4. The average Bonchev–Trinajstić information content (AvgIpc) is 2.02. The summed E-state index contributed by atoms with van der Waals surface area (Å²) in [5.41, 5.74) is -0.301. The van der Waals surface area contributed by atoms with Crippen molar-refractivity contribution in [2.75, 3.05) is 0 Å². The van der Waals surface area contributed by atoms with Gasteiger partial charge in [-0.05, 0) is 19.8 Å². The lowest BCUT2D eigenvalue weighted by Gasteiger charge is -2.24. The van der Waals surface area contributed by atoms with Gasteiger partial charge in [0.05, 0.1) is 0 Å². The number of unbranched alkanes of at least 4 members (excludes halogenated alkanes) is 1. The minimum atomic E-state index is -0.301. The molecule has 11 heavy (non-hydrogen) atoms. The molecule has 0 aromatic rings. The minimum absolute atomic E-state index is 0.301. The Bertz CT molecular complexity index is 93.6. The minimum Gasteiger partial charge on any atom is -0.251 e. The van der Waals surface area contributed by atoms with Crippen LogP contribution in [0.15, 0.2) is 0 Å². The van der Waals surface area contributed by atoms with E-state index in [1.807, 2.05) is 6.92 Å². The number of rotatable bonds is 6. The predicted molar refractivity (Wildman–Crippen MR) is 46.6 cm³/mol. The molecule has 1 unspecified atom stereocenters. The van der Waals surface area contributed by atoms with Crippen LogP contribution in [0.5, 0.6) is 0 Å². The van der Waals surface area contributed by atoms with E-state index < -0.39 is 0 Å². The van der Waals surface area contributed by atoms with E-state index in [0.717, 1.165) is 32.1 Å². The van der Waals surface area contributed by atoms with Crippen molar-refractivity contribution >= 4 is 0 Å². The molecule has 0 spiro atoms. The lowest BCUT2D eigenvalue weighted by atomic mass is 9.94. The van der Waals surface area contributed by atoms with Gasteiger partial charge in [-0.15, -0.1) is 0 Å². The number of hydrogen-bond donors (Lipinski definition) is 1. The second-order valence-corrected chi connectivity index (χ2v) is 3.39. The third-order valence-corrected chi connectivity index (χ3v) is 2.06. The highest BCUT2D eigenvalue weighted by molar-refractivity contribution is 4.72. The summed E-state index contributed by atoms with van der Waals surface area (Å²) >= 11 is 0. The average molecular weight is 160 g/mol. The van der Waals surface area contributed by atoms with E-state index in [0.29, 0.717) is 0 Å². The Morgan fingerprint density at radius 2 is 1.82 bits per heavy atom. The maximum absolute atomic E-state index is 8.64. The highest BCUT2D eigenvalue weighted by Gasteiger charge is 2.23. The van der Waals surface area contributed by atoms with Gasteiger partial charge in [0.15, 0.2) is 0 Å². The van der Waals surface area contributed by atoms with E-state index in [9.17, 15) is 0 Å². The van der Waals surface area contributed by atoms with Crippen LogP contribution >= 0.6 is 0 Å². The van der Waals surface area contributed by atoms with E-state index in [2.05, 4.69) is 18.7 Å². The Morgan fingerprint density at radius 1 is 1.18 bits per heavy atom. The molecule has 0 aliphatic carbocycles. The van der Waals surface area contributed by atoms with Crippen molar-refractivity contribution < 1.29 is 10.1 Å². The summed E-state index contributed by atoms with van der Waals surface area (Å²) in [4.78, 5) is 4.48. The zero-order valence-electron chi connectivity index (χ0n) is 7.89. The monoisotopic (exact) mass is 160 g/mol. The van der Waals surface area contributed by atoms with Gasteiger partial charge >= 0.3 is 0 Å². The fraction of sp³-hybridized carbons (Fsp3) is 1.00. The highest BCUT2D eigenvalue weighted by atomic mass is 17.1. The smallest absolute Gasteiger partial charge is 0.100 e. The first kappa shape index (κ1) is 10.9. The van der Waals surface area contributed by atoms with Crippen molar-refractivity contribution in [3.8, 4) is 0 Å². The molecule has 0 saturated heterocycles. The Kier molecular flexibility index (Phi) is 5.51. The molecule has 0 aliphatic heterocycles. The maximum Gasteiger partial charge on any atom is 0.100 e. The predicted octanol–water partition coefficient (Wildman–Crippen LogP) is 3.23. The molecular weight excluding hydrogens is 140 g/mol. The van der Waals surface area contributed by atoms with Crippen LogP contribution in [0.1, 0.15) is 52.9 Å². The summed E-state index contributed by atoms with van der Waals surface area (Å²) in [6.07, 6.45) is 5.22. The summed E-state index contributed by atoms with van der Waals surface area (Å²) in [5.74, 6) is 0. The molecule has 0 bridgehead atoms. The molecule has 0 aliphatic rings. The zero-order chi connectivity index (χ0) is 8.74. The topological polar surface area (TPSA) is 29.5 Å². The van der Waals surface area contributed by atoms with Crippen LogP contribution in [0.2, 0.25) is 0 Å². The molecule has 1 atom stereocenters. The molecule has 0 radical (unpaired) electrons. The summed E-state index contributed by atoms with van der Waals surface area (Å²) in [6.45, 7) is 6.21. The van der Waals surface area contributed by atoms with Crippen molar-refractivity contribution in [1.82, 2.24) is 0 Å². The van der Waals surface area contributed by atoms with Crippen LogP contribution in [0.4, 0.5) is 0 Å². The summed E-state index contributed by atoms with van der Waals surface area (Å²) in [5, 5.41) is 8.64. The van der Waals surface area contributed by atoms with E-state index >= 15 is 0 Å². The van der Waals surface area contributed by atoms with Gasteiger partial charge in [-0.3, -0.25) is 5.26 Å². The lowest BCUT2D eigenvalue weighted by molar-refractivity contribution is -0.321. The second kappa shape index (κ2) is 5.56. The molecule has 2 heteroatoms. The third-order valence-electron chi connectivity index (χ3n) is 2.06. The second-order valence-electron chi connectivity index (χ2n) is 3.39. The van der Waals surface area contributed by atoms with Gasteiger partial charge in [0.2, 0.25) is 0 Å². The molecule has 0 aromatic carbocycles. The summed E-state index contributed by atoms with van der Waals surface area (Å²) in [7, 11) is 0. The maximum atomic E-state index is 8.64. The van der Waals surface area contributed by atoms with Gasteiger partial charge in [-0.2, -0.15) is 0 Å². The molecule has 0 fully saturated rings. The first-order chi connectivity index (χ1) is 5.18. The van der Waals surface area contributed by atoms with Gasteiger partial charge in [0.25, 0.3) is 0 Å². The number of hydrogen-bond acceptors (Lipinski definition) is 2. The Labute approximate surface area is 69.5 Å². The molecule has 0 aromatic heterocycles. The van der Waals surface area contributed by atoms with Gasteiger partial charge in [0, 0.05) is 0 Å². The SMILES string of the molecule is CCCCC(C)(CCC)OO. The van der Waals surface area contributed by atoms with E-state index in [1.165, 1.54) is 0 Å². The van der Waals surface area contributed by atoms with Crippen molar-refractivity contribution in [2.24, 2.45) is 0 Å². The summed E-state index contributed by atoms with van der Waals surface area (Å²) in [6, 6.07) is 0. The van der Waals surface area contributed by atoms with Crippen LogP contribution in [0.25, 0.3) is 0 Å². The third kappa shape index (κ3) is 4.38. The van der Waals surface area contributed by atoms with Crippen molar-refractivity contribution in [3.05, 3.63) is 0 Å². The standard InChI is InChI=1S/C9H20O2/c1-4-6-8-9(3,11-10)7-5-2/h10H,4-8H2,1-3H3. The first-order valence-corrected chi connectivity index (χ1v) is 4.51. The van der Waals surface area contributed by atoms with E-state index in [-0.39, 0.29) is 5.60 Å². The highest BCUT2D eigenvalue weighted by Crippen LogP contribution is 2.22. The Hall–Kier alpha value is -0.0800. The molecular formula is C9H20O2. The van der Waals surface area contributed by atoms with E-state index in [4.69, 9.17) is 5.26 Å². The van der Waals surface area contributed by atoms with Gasteiger partial charge < -0.3 is 0 Å². The van der Waals surface area contributed by atoms with Crippen LogP contribution in [-0.4, -0.2) is 10.9 Å². The Morgan fingerprint density at radius 3 is 2.18 bits per heavy atom. The molecule has 2 nitrogen and oxygen atoms in total. The van der Waals surface area contributed by atoms with Gasteiger partial charge in [-0.1, -0.05) is 33.1 Å². The van der Waals surface area contributed by atoms with Crippen molar-refractivity contribution in [3.63, 3.8) is 0 Å². The van der Waals surface area contributed by atoms with Crippen LogP contribution < -0.4 is 0 Å². The quantitative estimate of drug-likeness (QED) is 0.477. The van der Waals surface area contributed by atoms with E-state index in [1.54, 1.807) is 0 Å². The fourth-order valence-electron chi connectivity index (χ4n) is 1.30.